The lowest BCUT2D eigenvalue weighted by Gasteiger charge is -2.30. The third kappa shape index (κ3) is 2.24. The molecule has 3 atom stereocenters. The normalized spacial score (nSPS) is 26.8. The number of nitrogens with one attached hydrogen (secondary N) is 1. The molecule has 6 heteroatoms. The maximum absolute atomic E-state index is 12.4. The fraction of sp³-hybridized carbons (Fsp3) is 0.438. The molecule has 1 unspecified atom stereocenters. The molecule has 112 valence electrons. The molecule has 2 aromatic heterocycles. The van der Waals surface area contributed by atoms with Crippen LogP contribution < -0.4 is 5.32 Å². The van der Waals surface area contributed by atoms with Crippen LogP contribution in [0.1, 0.15) is 29.0 Å². The van der Waals surface area contributed by atoms with Gasteiger partial charge in [-0.3, -0.25) is 9.20 Å². The molecule has 4 rings (SSSR count). The minimum atomic E-state index is -0.130. The number of carbonyl (C=O) groups excluding carboxylic acids is 1. The Bertz CT molecular complexity index is 762. The summed E-state index contributed by atoms with van der Waals surface area (Å²) in [5, 5.41) is 12.1. The summed E-state index contributed by atoms with van der Waals surface area (Å²) in [4.78, 5) is 19.0. The highest BCUT2D eigenvalue weighted by Gasteiger charge is 2.33. The van der Waals surface area contributed by atoms with Crippen molar-refractivity contribution >= 4 is 11.4 Å². The van der Waals surface area contributed by atoms with Crippen LogP contribution in [-0.4, -0.2) is 45.9 Å². The lowest BCUT2D eigenvalue weighted by atomic mass is 9.97. The highest BCUT2D eigenvalue weighted by atomic mass is 16.1. The number of fused-ring (bicyclic) bond motifs is 3. The second kappa shape index (κ2) is 5.11. The van der Waals surface area contributed by atoms with Gasteiger partial charge in [0.25, 0.3) is 5.91 Å². The Morgan fingerprint density at radius 3 is 3.14 bits per heavy atom. The topological polar surface area (TPSA) is 73.4 Å². The van der Waals surface area contributed by atoms with Gasteiger partial charge in [-0.1, -0.05) is 0 Å². The number of amides is 1. The molecule has 0 saturated carbocycles. The van der Waals surface area contributed by atoms with E-state index in [1.54, 1.807) is 16.5 Å². The van der Waals surface area contributed by atoms with E-state index in [1.165, 1.54) is 19.3 Å². The van der Waals surface area contributed by atoms with E-state index >= 15 is 0 Å². The predicted octanol–water partition coefficient (Wildman–Crippen LogP) is 1.03. The van der Waals surface area contributed by atoms with E-state index in [2.05, 4.69) is 21.3 Å². The summed E-state index contributed by atoms with van der Waals surface area (Å²) in [6.07, 6.45) is 3.85. The van der Waals surface area contributed by atoms with Crippen LogP contribution in [0, 0.1) is 17.2 Å². The fourth-order valence-corrected chi connectivity index (χ4v) is 3.65. The Kier molecular flexibility index (Phi) is 3.09. The predicted molar refractivity (Wildman–Crippen MR) is 80.3 cm³/mol. The monoisotopic (exact) mass is 295 g/mol. The maximum atomic E-state index is 12.4. The molecule has 2 aliphatic rings. The van der Waals surface area contributed by atoms with Crippen LogP contribution in [0.4, 0.5) is 0 Å². The van der Waals surface area contributed by atoms with Crippen LogP contribution in [0.2, 0.25) is 0 Å². The van der Waals surface area contributed by atoms with Crippen LogP contribution in [0.5, 0.6) is 0 Å². The quantitative estimate of drug-likeness (QED) is 0.898. The largest absolute Gasteiger partial charge is 0.347 e. The molecule has 1 N–H and O–H groups in total. The number of carbonyl (C=O) groups is 1. The molecule has 2 aliphatic heterocycles. The molecule has 0 spiro atoms. The molecule has 0 aromatic carbocycles. The third-order valence-electron chi connectivity index (χ3n) is 4.70. The van der Waals surface area contributed by atoms with E-state index in [0.29, 0.717) is 11.4 Å². The zero-order valence-corrected chi connectivity index (χ0v) is 12.2. The first kappa shape index (κ1) is 13.3. The van der Waals surface area contributed by atoms with Crippen LogP contribution in [0.25, 0.3) is 5.52 Å². The first-order valence-electron chi connectivity index (χ1n) is 7.63. The molecule has 2 bridgehead atoms. The first-order chi connectivity index (χ1) is 10.7. The second-order valence-electron chi connectivity index (χ2n) is 6.22. The molecular weight excluding hydrogens is 278 g/mol. The Morgan fingerprint density at radius 1 is 1.41 bits per heavy atom. The van der Waals surface area contributed by atoms with Crippen molar-refractivity contribution < 1.29 is 4.79 Å². The maximum Gasteiger partial charge on any atom is 0.270 e. The van der Waals surface area contributed by atoms with Crippen molar-refractivity contribution in [2.45, 2.75) is 18.9 Å². The number of nitriles is 1. The Balaban J connectivity index is 1.52. The molecular formula is C16H17N5O. The average Bonchev–Trinajstić information content (AvgIpc) is 3.09. The van der Waals surface area contributed by atoms with Gasteiger partial charge in [-0.2, -0.15) is 5.26 Å². The van der Waals surface area contributed by atoms with Crippen LogP contribution in [-0.2, 0) is 0 Å². The number of piperidine rings is 1. The summed E-state index contributed by atoms with van der Waals surface area (Å²) >= 11 is 0. The highest BCUT2D eigenvalue weighted by Crippen LogP contribution is 2.26. The van der Waals surface area contributed by atoms with Crippen molar-refractivity contribution in [3.8, 4) is 6.07 Å². The molecule has 0 aliphatic carbocycles. The summed E-state index contributed by atoms with van der Waals surface area (Å²) in [6, 6.07) is 7.59. The zero-order valence-electron chi connectivity index (χ0n) is 12.2. The molecule has 2 aromatic rings. The van der Waals surface area contributed by atoms with Crippen LogP contribution >= 0.6 is 0 Å². The Labute approximate surface area is 128 Å². The molecule has 6 nitrogen and oxygen atoms in total. The first-order valence-corrected chi connectivity index (χ1v) is 7.63. The van der Waals surface area contributed by atoms with Gasteiger partial charge in [-0.15, -0.1) is 0 Å². The van der Waals surface area contributed by atoms with Gasteiger partial charge in [0.15, 0.2) is 0 Å². The van der Waals surface area contributed by atoms with E-state index in [9.17, 15) is 4.79 Å². The minimum absolute atomic E-state index is 0.130. The number of hydrogen-bond acceptors (Lipinski definition) is 4. The van der Waals surface area contributed by atoms with Crippen molar-refractivity contribution in [3.05, 3.63) is 35.9 Å². The third-order valence-corrected chi connectivity index (χ3v) is 4.70. The number of nitrogens with zero attached hydrogens (tertiary/aromatic N) is 4. The summed E-state index contributed by atoms with van der Waals surface area (Å²) in [5.41, 5.74) is 1.73. The summed E-state index contributed by atoms with van der Waals surface area (Å²) in [5.74, 6) is 0.591. The van der Waals surface area contributed by atoms with E-state index in [1.807, 2.05) is 6.07 Å². The minimum Gasteiger partial charge on any atom is -0.347 e. The van der Waals surface area contributed by atoms with Gasteiger partial charge in [0.05, 0.1) is 5.52 Å². The van der Waals surface area contributed by atoms with Gasteiger partial charge < -0.3 is 10.2 Å². The number of aromatic nitrogens is 2. The zero-order chi connectivity index (χ0) is 15.1. The van der Waals surface area contributed by atoms with Crippen molar-refractivity contribution in [2.24, 2.45) is 5.92 Å². The van der Waals surface area contributed by atoms with Crippen LogP contribution in [0.15, 0.2) is 24.5 Å². The Morgan fingerprint density at radius 2 is 2.32 bits per heavy atom. The fourth-order valence-electron chi connectivity index (χ4n) is 3.65. The van der Waals surface area contributed by atoms with Crippen molar-refractivity contribution in [1.29, 1.82) is 5.26 Å². The molecule has 2 fully saturated rings. The summed E-state index contributed by atoms with van der Waals surface area (Å²) < 4.78 is 1.68. The Hall–Kier alpha value is -2.39. The van der Waals surface area contributed by atoms with Gasteiger partial charge in [-0.25, -0.2) is 4.98 Å². The lowest BCUT2D eigenvalue weighted by molar-refractivity contribution is 0.0904. The van der Waals surface area contributed by atoms with Gasteiger partial charge in [0.1, 0.15) is 23.8 Å². The lowest BCUT2D eigenvalue weighted by Crippen LogP contribution is -2.47. The molecule has 22 heavy (non-hydrogen) atoms. The van der Waals surface area contributed by atoms with Gasteiger partial charge in [0.2, 0.25) is 0 Å². The smallest absolute Gasteiger partial charge is 0.270 e. The van der Waals surface area contributed by atoms with E-state index in [0.717, 1.165) is 30.9 Å². The number of rotatable bonds is 2. The molecule has 4 heterocycles. The van der Waals surface area contributed by atoms with Crippen molar-refractivity contribution in [1.82, 2.24) is 19.6 Å². The highest BCUT2D eigenvalue weighted by molar-refractivity contribution is 5.93. The average molecular weight is 295 g/mol. The van der Waals surface area contributed by atoms with Gasteiger partial charge >= 0.3 is 0 Å². The molecule has 0 radical (unpaired) electrons. The van der Waals surface area contributed by atoms with E-state index in [4.69, 9.17) is 5.26 Å². The SMILES string of the molecule is N#Cc1ccc2cc(C(=O)N[C@@H]3C[C@@H]4CCN(C4)C3)ncn12. The standard InChI is InChI=1S/C16H17N5O/c17-7-14-2-1-13-6-15(18-10-21(13)14)16(22)19-12-5-11-3-4-20(8-11)9-12/h1-2,6,10-12H,3-5,8-9H2,(H,19,22)/t11-,12+/m0/s1. The number of hydrogen-bond donors (Lipinski definition) is 1. The summed E-state index contributed by atoms with van der Waals surface area (Å²) in [7, 11) is 0. The summed E-state index contributed by atoms with van der Waals surface area (Å²) in [6.45, 7) is 3.27. The van der Waals surface area contributed by atoms with Crippen LogP contribution in [0.3, 0.4) is 0 Å². The molecule has 1 amide bonds. The van der Waals surface area contributed by atoms with Crippen molar-refractivity contribution in [2.75, 3.05) is 19.6 Å². The van der Waals surface area contributed by atoms with Gasteiger partial charge in [-0.05, 0) is 43.5 Å². The van der Waals surface area contributed by atoms with Crippen molar-refractivity contribution in [3.63, 3.8) is 0 Å². The second-order valence-corrected chi connectivity index (χ2v) is 6.22. The van der Waals surface area contributed by atoms with Gasteiger partial charge in [0, 0.05) is 19.1 Å². The molecule has 2 saturated heterocycles. The van der Waals surface area contributed by atoms with E-state index < -0.39 is 0 Å². The van der Waals surface area contributed by atoms with E-state index in [-0.39, 0.29) is 11.9 Å².